The number of nitrogens with one attached hydrogen (secondary N) is 1. The Kier molecular flexibility index (Phi) is 4.58. The number of hydrogen-bond acceptors (Lipinski definition) is 4. The van der Waals surface area contributed by atoms with Crippen molar-refractivity contribution >= 4 is 48.4 Å². The van der Waals surface area contributed by atoms with Gasteiger partial charge in [0.25, 0.3) is 0 Å². The van der Waals surface area contributed by atoms with Crippen molar-refractivity contribution in [3.8, 4) is 0 Å². The monoisotopic (exact) mass is 431 g/mol. The molecule has 0 spiro atoms. The smallest absolute Gasteiger partial charge is 0.235 e. The highest BCUT2D eigenvalue weighted by Crippen LogP contribution is 2.26. The zero-order valence-electron chi connectivity index (χ0n) is 14.0. The molecular formula is C19H18BrN3O2S. The molecule has 0 amide bonds. The van der Waals surface area contributed by atoms with Crippen LogP contribution in [0.15, 0.2) is 59.1 Å². The predicted octanol–water partition coefficient (Wildman–Crippen LogP) is 4.15. The van der Waals surface area contributed by atoms with Crippen LogP contribution in [-0.2, 0) is 16.6 Å². The van der Waals surface area contributed by atoms with Gasteiger partial charge in [-0.05, 0) is 58.2 Å². The van der Waals surface area contributed by atoms with E-state index in [-0.39, 0.29) is 5.75 Å². The number of aromatic nitrogens is 1. The summed E-state index contributed by atoms with van der Waals surface area (Å²) >= 11 is 3.53. The number of nitrogens with zero attached hydrogens (tertiary/aromatic N) is 2. The van der Waals surface area contributed by atoms with Gasteiger partial charge >= 0.3 is 0 Å². The van der Waals surface area contributed by atoms with Crippen LogP contribution in [-0.4, -0.2) is 25.7 Å². The van der Waals surface area contributed by atoms with E-state index in [4.69, 9.17) is 0 Å². The molecule has 1 aliphatic rings. The predicted molar refractivity (Wildman–Crippen MR) is 109 cm³/mol. The number of hydrogen-bond donors (Lipinski definition) is 1. The number of para-hydroxylation sites is 1. The van der Waals surface area contributed by atoms with E-state index in [0.29, 0.717) is 19.5 Å². The van der Waals surface area contributed by atoms with Crippen LogP contribution in [0.5, 0.6) is 0 Å². The van der Waals surface area contributed by atoms with Crippen LogP contribution in [0.4, 0.5) is 11.5 Å². The maximum atomic E-state index is 12.1. The van der Waals surface area contributed by atoms with E-state index >= 15 is 0 Å². The van der Waals surface area contributed by atoms with Crippen LogP contribution in [0.25, 0.3) is 10.9 Å². The van der Waals surface area contributed by atoms with Gasteiger partial charge in [0.2, 0.25) is 10.0 Å². The fourth-order valence-corrected chi connectivity index (χ4v) is 5.18. The van der Waals surface area contributed by atoms with Crippen molar-refractivity contribution < 1.29 is 8.42 Å². The lowest BCUT2D eigenvalue weighted by atomic mass is 10.2. The van der Waals surface area contributed by atoms with Gasteiger partial charge in [-0.2, -0.15) is 0 Å². The number of anilines is 2. The first-order valence-electron chi connectivity index (χ1n) is 8.41. The summed E-state index contributed by atoms with van der Waals surface area (Å²) in [5, 5.41) is 4.39. The van der Waals surface area contributed by atoms with Crippen molar-refractivity contribution in [1.29, 1.82) is 0 Å². The third-order valence-electron chi connectivity index (χ3n) is 4.44. The van der Waals surface area contributed by atoms with Crippen molar-refractivity contribution in [2.24, 2.45) is 0 Å². The van der Waals surface area contributed by atoms with E-state index in [1.54, 1.807) is 0 Å². The molecule has 1 aromatic heterocycles. The number of halogens is 1. The highest BCUT2D eigenvalue weighted by atomic mass is 79.9. The van der Waals surface area contributed by atoms with Crippen LogP contribution in [0.1, 0.15) is 12.0 Å². The summed E-state index contributed by atoms with van der Waals surface area (Å²) in [6.45, 7) is 1.13. The van der Waals surface area contributed by atoms with Gasteiger partial charge in [0.1, 0.15) is 5.82 Å². The molecule has 2 aromatic carbocycles. The molecule has 5 nitrogen and oxygen atoms in total. The first-order valence-corrected chi connectivity index (χ1v) is 10.8. The third kappa shape index (κ3) is 3.41. The lowest BCUT2D eigenvalue weighted by Gasteiger charge is -2.18. The Bertz CT molecular complexity index is 1070. The summed E-state index contributed by atoms with van der Waals surface area (Å²) in [4.78, 5) is 4.65. The minimum atomic E-state index is -3.16. The molecule has 2 heterocycles. The number of benzene rings is 2. The van der Waals surface area contributed by atoms with Gasteiger partial charge in [0.05, 0.1) is 17.0 Å². The van der Waals surface area contributed by atoms with Crippen molar-refractivity contribution in [3.05, 3.63) is 64.6 Å². The first kappa shape index (κ1) is 17.3. The minimum absolute atomic E-state index is 0.228. The topological polar surface area (TPSA) is 62.3 Å². The van der Waals surface area contributed by atoms with Crippen molar-refractivity contribution in [2.45, 2.75) is 13.0 Å². The molecule has 1 aliphatic heterocycles. The zero-order chi connectivity index (χ0) is 18.1. The summed E-state index contributed by atoms with van der Waals surface area (Å²) in [5.41, 5.74) is 2.66. The molecule has 3 aromatic rings. The third-order valence-corrected chi connectivity index (χ3v) is 6.95. The van der Waals surface area contributed by atoms with Crippen LogP contribution in [0, 0.1) is 0 Å². The Morgan fingerprint density at radius 2 is 1.96 bits per heavy atom. The van der Waals surface area contributed by atoms with E-state index in [1.165, 1.54) is 4.31 Å². The largest absolute Gasteiger partial charge is 0.366 e. The van der Waals surface area contributed by atoms with Gasteiger partial charge in [0.15, 0.2) is 0 Å². The molecule has 4 rings (SSSR count). The van der Waals surface area contributed by atoms with E-state index in [0.717, 1.165) is 32.4 Å². The number of rotatable bonds is 4. The molecule has 0 radical (unpaired) electrons. The normalized spacial score (nSPS) is 16.1. The van der Waals surface area contributed by atoms with Crippen LogP contribution in [0.2, 0.25) is 0 Å². The lowest BCUT2D eigenvalue weighted by molar-refractivity contribution is 0.599. The Labute approximate surface area is 161 Å². The number of pyridine rings is 1. The van der Waals surface area contributed by atoms with Crippen LogP contribution < -0.4 is 9.62 Å². The van der Waals surface area contributed by atoms with Crippen molar-refractivity contribution in [1.82, 2.24) is 4.98 Å². The zero-order valence-corrected chi connectivity index (χ0v) is 16.4. The van der Waals surface area contributed by atoms with E-state index in [9.17, 15) is 8.42 Å². The first-order chi connectivity index (χ1) is 12.5. The molecule has 0 saturated carbocycles. The number of fused-ring (bicyclic) bond motifs is 1. The lowest BCUT2D eigenvalue weighted by Crippen LogP contribution is -2.25. The van der Waals surface area contributed by atoms with E-state index in [2.05, 4.69) is 26.2 Å². The molecule has 1 saturated heterocycles. The average molecular weight is 432 g/mol. The molecule has 1 fully saturated rings. The van der Waals surface area contributed by atoms with E-state index < -0.39 is 10.0 Å². The summed E-state index contributed by atoms with van der Waals surface area (Å²) in [7, 11) is -3.16. The molecular weight excluding hydrogens is 414 g/mol. The summed E-state index contributed by atoms with van der Waals surface area (Å²) in [6, 6.07) is 17.6. The molecule has 0 atom stereocenters. The van der Waals surface area contributed by atoms with Gasteiger partial charge in [0, 0.05) is 22.9 Å². The molecule has 0 aliphatic carbocycles. The highest BCUT2D eigenvalue weighted by molar-refractivity contribution is 9.10. The Morgan fingerprint density at radius 1 is 1.12 bits per heavy atom. The fraction of sp³-hybridized carbons (Fsp3) is 0.211. The second-order valence-corrected chi connectivity index (χ2v) is 9.14. The maximum Gasteiger partial charge on any atom is 0.235 e. The highest BCUT2D eigenvalue weighted by Gasteiger charge is 2.28. The van der Waals surface area contributed by atoms with Gasteiger partial charge in [-0.1, -0.05) is 24.3 Å². The average Bonchev–Trinajstić information content (AvgIpc) is 3.00. The summed E-state index contributed by atoms with van der Waals surface area (Å²) < 4.78 is 26.7. The van der Waals surface area contributed by atoms with Crippen molar-refractivity contribution in [2.75, 3.05) is 21.9 Å². The van der Waals surface area contributed by atoms with Crippen LogP contribution in [0.3, 0.4) is 0 Å². The minimum Gasteiger partial charge on any atom is -0.366 e. The molecule has 1 N–H and O–H groups in total. The van der Waals surface area contributed by atoms with Gasteiger partial charge in [-0.25, -0.2) is 13.4 Å². The second kappa shape index (κ2) is 6.89. The Hall–Kier alpha value is -2.12. The molecule has 26 heavy (non-hydrogen) atoms. The van der Waals surface area contributed by atoms with Crippen molar-refractivity contribution in [3.63, 3.8) is 0 Å². The Balaban J connectivity index is 1.53. The molecule has 0 bridgehead atoms. The maximum absolute atomic E-state index is 12.1. The van der Waals surface area contributed by atoms with Gasteiger partial charge < -0.3 is 5.32 Å². The fourth-order valence-electron chi connectivity index (χ4n) is 3.15. The summed E-state index contributed by atoms with van der Waals surface area (Å²) in [5.74, 6) is 1.01. The second-order valence-electron chi connectivity index (χ2n) is 6.27. The van der Waals surface area contributed by atoms with Gasteiger partial charge in [-0.15, -0.1) is 0 Å². The summed E-state index contributed by atoms with van der Waals surface area (Å²) in [6.07, 6.45) is 0.681. The molecule has 7 heteroatoms. The quantitative estimate of drug-likeness (QED) is 0.673. The van der Waals surface area contributed by atoms with E-state index in [1.807, 2.05) is 54.6 Å². The van der Waals surface area contributed by atoms with Gasteiger partial charge in [-0.3, -0.25) is 4.31 Å². The van der Waals surface area contributed by atoms with Crippen LogP contribution >= 0.6 is 15.9 Å². The Morgan fingerprint density at radius 3 is 2.77 bits per heavy atom. The standard InChI is InChI=1S/C19H18BrN3O2S/c20-17-7-2-5-15-8-9-18(22-19(15)17)21-13-14-4-1-6-16(12-14)23-10-3-11-26(23,24)25/h1-2,4-9,12H,3,10-11,13H2,(H,21,22). The number of sulfonamides is 1. The molecule has 134 valence electrons. The molecule has 0 unspecified atom stereocenters. The SMILES string of the molecule is O=S1(=O)CCCN1c1cccc(CNc2ccc3cccc(Br)c3n2)c1.